The Morgan fingerprint density at radius 3 is 0.369 bits per heavy atom. The Kier molecular flexibility index (Phi) is 63.0. The summed E-state index contributed by atoms with van der Waals surface area (Å²) in [7, 11) is 0. The molecule has 0 N–H and O–H groups in total. The fraction of sp³-hybridized carbons (Fsp3) is 1.00. The molecule has 0 aromatic rings. The van der Waals surface area contributed by atoms with E-state index in [0.717, 1.165) is 26.1 Å². The van der Waals surface area contributed by atoms with Crippen molar-refractivity contribution in [2.24, 2.45) is 0 Å². The summed E-state index contributed by atoms with van der Waals surface area (Å²) in [6.45, 7) is 19.4. The van der Waals surface area contributed by atoms with Gasteiger partial charge in [0, 0.05) is 13.2 Å². The zero-order chi connectivity index (χ0) is 46.5. The minimum atomic E-state index is 0.518. The molecule has 0 spiro atoms. The smallest absolute Gasteiger partial charge is 0.0701 e. The van der Waals surface area contributed by atoms with Crippen LogP contribution in [0.25, 0.3) is 0 Å². The summed E-state index contributed by atoms with van der Waals surface area (Å²) in [5, 5.41) is 0. The summed E-state index contributed by atoms with van der Waals surface area (Å²) in [5.74, 6) is 0. The molecule has 0 aliphatic heterocycles. The van der Waals surface area contributed by atoms with E-state index < -0.39 is 0 Å². The molecule has 65 heavy (non-hydrogen) atoms. The second kappa shape index (κ2) is 63.5. The molecule has 13 nitrogen and oxygen atoms in total. The molecular weight excluding hydrogens is 833 g/mol. The quantitative estimate of drug-likeness (QED) is 0.0539. The van der Waals surface area contributed by atoms with Crippen LogP contribution >= 0.6 is 0 Å². The number of rotatable bonds is 62. The Bertz CT molecular complexity index is 738. The number of hydrogen-bond acceptors (Lipinski definition) is 13. The average Bonchev–Trinajstić information content (AvgIpc) is 3.32. The van der Waals surface area contributed by atoms with Crippen LogP contribution in [0.1, 0.15) is 168 Å². The van der Waals surface area contributed by atoms with Gasteiger partial charge >= 0.3 is 0 Å². The van der Waals surface area contributed by atoms with Gasteiger partial charge in [-0.25, -0.2) is 0 Å². The van der Waals surface area contributed by atoms with Gasteiger partial charge in [-0.1, -0.05) is 155 Å². The fourth-order valence-electron chi connectivity index (χ4n) is 6.83. The highest BCUT2D eigenvalue weighted by Crippen LogP contribution is 2.14. The van der Waals surface area contributed by atoms with Crippen molar-refractivity contribution in [2.45, 2.75) is 168 Å². The lowest BCUT2D eigenvalue weighted by molar-refractivity contribution is -0.0290. The molecule has 0 saturated carbocycles. The average molecular weight is 939 g/mol. The van der Waals surface area contributed by atoms with Gasteiger partial charge in [0.05, 0.1) is 159 Å². The van der Waals surface area contributed by atoms with Gasteiger partial charge in [0.1, 0.15) is 0 Å². The van der Waals surface area contributed by atoms with Crippen molar-refractivity contribution in [3.63, 3.8) is 0 Å². The van der Waals surface area contributed by atoms with Crippen LogP contribution in [0, 0.1) is 0 Å². The van der Waals surface area contributed by atoms with Crippen LogP contribution in [0.2, 0.25) is 0 Å². The molecule has 0 atom stereocenters. The van der Waals surface area contributed by atoms with Crippen LogP contribution in [0.5, 0.6) is 0 Å². The van der Waals surface area contributed by atoms with Crippen molar-refractivity contribution in [3.8, 4) is 0 Å². The Hall–Kier alpha value is -0.520. The predicted octanol–water partition coefficient (Wildman–Crippen LogP) is 10.6. The Labute approximate surface area is 400 Å². The molecule has 0 aliphatic carbocycles. The van der Waals surface area contributed by atoms with E-state index in [4.69, 9.17) is 61.6 Å². The highest BCUT2D eigenvalue weighted by atomic mass is 16.6. The maximum absolute atomic E-state index is 5.71. The van der Waals surface area contributed by atoms with Crippen molar-refractivity contribution in [2.75, 3.05) is 172 Å². The molecular formula is C52H106O13. The highest BCUT2D eigenvalue weighted by molar-refractivity contribution is 4.51. The number of unbranched alkanes of at least 4 members (excludes halogenated alkanes) is 22. The van der Waals surface area contributed by atoms with E-state index in [1.54, 1.807) is 0 Å². The Morgan fingerprint density at radius 1 is 0.123 bits per heavy atom. The fourth-order valence-corrected chi connectivity index (χ4v) is 6.83. The standard InChI is InChI=1S/C52H106O13/c1-3-5-7-9-11-13-14-15-16-17-18-19-20-22-24-26-28-54-30-32-56-34-36-58-38-40-60-42-44-62-46-48-64-50-52-65-51-49-63-47-45-61-43-41-59-39-37-57-35-33-55-31-29-53-27-25-23-21-12-10-8-6-4-2/h3-52H2,1-2H3. The van der Waals surface area contributed by atoms with Crippen LogP contribution in [-0.2, 0) is 61.6 Å². The third-order valence-electron chi connectivity index (χ3n) is 10.7. The molecule has 0 unspecified atom stereocenters. The molecule has 0 aromatic heterocycles. The third-order valence-corrected chi connectivity index (χ3v) is 10.7. The van der Waals surface area contributed by atoms with E-state index in [9.17, 15) is 0 Å². The normalized spacial score (nSPS) is 11.7. The predicted molar refractivity (Wildman–Crippen MR) is 263 cm³/mol. The Balaban J connectivity index is 3.06. The minimum absolute atomic E-state index is 0.518. The molecule has 392 valence electrons. The van der Waals surface area contributed by atoms with E-state index in [1.165, 1.54) is 141 Å². The summed E-state index contributed by atoms with van der Waals surface area (Å²) >= 11 is 0. The first-order valence-corrected chi connectivity index (χ1v) is 26.9. The van der Waals surface area contributed by atoms with Crippen molar-refractivity contribution in [1.82, 2.24) is 0 Å². The van der Waals surface area contributed by atoms with Gasteiger partial charge in [-0.2, -0.15) is 0 Å². The second-order valence-electron chi connectivity index (χ2n) is 16.7. The lowest BCUT2D eigenvalue weighted by Crippen LogP contribution is -2.15. The SMILES string of the molecule is CCCCCCCCCCCCCCCCCCOCCOCCOCCOCCOCCOCCOCCOCCOCCOCCOCCOCCOCCCCCCCCCC. The van der Waals surface area contributed by atoms with Crippen LogP contribution in [0.3, 0.4) is 0 Å². The lowest BCUT2D eigenvalue weighted by Gasteiger charge is -2.09. The zero-order valence-electron chi connectivity index (χ0n) is 42.7. The van der Waals surface area contributed by atoms with Gasteiger partial charge in [0.15, 0.2) is 0 Å². The van der Waals surface area contributed by atoms with Gasteiger partial charge in [-0.3, -0.25) is 0 Å². The van der Waals surface area contributed by atoms with Crippen LogP contribution in [-0.4, -0.2) is 172 Å². The molecule has 0 bridgehead atoms. The topological polar surface area (TPSA) is 120 Å². The molecule has 0 radical (unpaired) electrons. The van der Waals surface area contributed by atoms with Crippen molar-refractivity contribution >= 4 is 0 Å². The Morgan fingerprint density at radius 2 is 0.231 bits per heavy atom. The minimum Gasteiger partial charge on any atom is -0.379 e. The summed E-state index contributed by atoms with van der Waals surface area (Å²) < 4.78 is 72.4. The summed E-state index contributed by atoms with van der Waals surface area (Å²) in [6, 6.07) is 0. The molecule has 0 heterocycles. The van der Waals surface area contributed by atoms with Crippen LogP contribution in [0.4, 0.5) is 0 Å². The van der Waals surface area contributed by atoms with Crippen LogP contribution in [0.15, 0.2) is 0 Å². The molecule has 0 fully saturated rings. The maximum atomic E-state index is 5.71. The third kappa shape index (κ3) is 63.5. The zero-order valence-corrected chi connectivity index (χ0v) is 42.7. The monoisotopic (exact) mass is 939 g/mol. The van der Waals surface area contributed by atoms with E-state index in [0.29, 0.717) is 159 Å². The number of hydrogen-bond donors (Lipinski definition) is 0. The van der Waals surface area contributed by atoms with E-state index in [1.807, 2.05) is 0 Å². The summed E-state index contributed by atoms with van der Waals surface area (Å²) in [5.41, 5.74) is 0. The first-order valence-electron chi connectivity index (χ1n) is 26.9. The van der Waals surface area contributed by atoms with Crippen molar-refractivity contribution in [1.29, 1.82) is 0 Å². The van der Waals surface area contributed by atoms with Crippen molar-refractivity contribution < 1.29 is 61.6 Å². The second-order valence-corrected chi connectivity index (χ2v) is 16.7. The highest BCUT2D eigenvalue weighted by Gasteiger charge is 1.99. The molecule has 0 aliphatic rings. The molecule has 0 amide bonds. The van der Waals surface area contributed by atoms with E-state index >= 15 is 0 Å². The van der Waals surface area contributed by atoms with Gasteiger partial charge in [-0.15, -0.1) is 0 Å². The van der Waals surface area contributed by atoms with Gasteiger partial charge in [0.2, 0.25) is 0 Å². The number of ether oxygens (including phenoxy) is 13. The first kappa shape index (κ1) is 64.5. The van der Waals surface area contributed by atoms with E-state index in [-0.39, 0.29) is 0 Å². The molecule has 0 saturated heterocycles. The summed E-state index contributed by atoms with van der Waals surface area (Å²) in [4.78, 5) is 0. The largest absolute Gasteiger partial charge is 0.379 e. The molecule has 0 aromatic carbocycles. The van der Waals surface area contributed by atoms with Crippen molar-refractivity contribution in [3.05, 3.63) is 0 Å². The van der Waals surface area contributed by atoms with E-state index in [2.05, 4.69) is 13.8 Å². The maximum Gasteiger partial charge on any atom is 0.0701 e. The first-order chi connectivity index (χ1) is 32.4. The summed E-state index contributed by atoms with van der Waals surface area (Å²) in [6.07, 6.45) is 32.7. The lowest BCUT2D eigenvalue weighted by atomic mass is 10.0. The molecule has 13 heteroatoms. The van der Waals surface area contributed by atoms with Gasteiger partial charge < -0.3 is 61.6 Å². The molecule has 0 rings (SSSR count). The van der Waals surface area contributed by atoms with Gasteiger partial charge in [-0.05, 0) is 12.8 Å². The van der Waals surface area contributed by atoms with Crippen LogP contribution < -0.4 is 0 Å². The van der Waals surface area contributed by atoms with Gasteiger partial charge in [0.25, 0.3) is 0 Å².